The predicted octanol–water partition coefficient (Wildman–Crippen LogP) is 2.27. The van der Waals surface area contributed by atoms with Gasteiger partial charge in [0.2, 0.25) is 0 Å². The Balaban J connectivity index is 1.97. The van der Waals surface area contributed by atoms with Crippen LogP contribution in [0.2, 0.25) is 0 Å². The van der Waals surface area contributed by atoms with Gasteiger partial charge in [-0.15, -0.1) is 0 Å². The fourth-order valence-corrected chi connectivity index (χ4v) is 2.95. The van der Waals surface area contributed by atoms with Crippen LogP contribution in [0, 0.1) is 5.92 Å². The normalized spacial score (nSPS) is 17.1. The lowest BCUT2D eigenvalue weighted by Crippen LogP contribution is -2.24. The molecule has 0 amide bonds. The number of ether oxygens (including phenoxy) is 1. The van der Waals surface area contributed by atoms with Crippen molar-refractivity contribution in [2.75, 3.05) is 31.7 Å². The molecule has 3 rings (SSSR count). The summed E-state index contributed by atoms with van der Waals surface area (Å²) in [6.45, 7) is 1.43. The van der Waals surface area contributed by atoms with E-state index in [0.29, 0.717) is 24.6 Å². The minimum Gasteiger partial charge on any atom is -0.497 e. The molecule has 1 fully saturated rings. The molecule has 1 saturated heterocycles. The zero-order valence-electron chi connectivity index (χ0n) is 13.5. The van der Waals surface area contributed by atoms with E-state index in [9.17, 15) is 15.0 Å². The van der Waals surface area contributed by atoms with Gasteiger partial charge in [-0.05, 0) is 42.8 Å². The van der Waals surface area contributed by atoms with Crippen molar-refractivity contribution in [2.24, 2.45) is 5.92 Å². The maximum atomic E-state index is 11.5. The minimum absolute atomic E-state index is 0.108. The molecule has 1 unspecified atom stereocenters. The molecular formula is C18H20N2O4. The van der Waals surface area contributed by atoms with Gasteiger partial charge in [-0.2, -0.15) is 0 Å². The van der Waals surface area contributed by atoms with Crippen molar-refractivity contribution in [3.63, 3.8) is 0 Å². The van der Waals surface area contributed by atoms with Crippen molar-refractivity contribution in [3.05, 3.63) is 42.0 Å². The smallest absolute Gasteiger partial charge is 0.339 e. The molecule has 0 radical (unpaired) electrons. The van der Waals surface area contributed by atoms with E-state index in [0.717, 1.165) is 17.7 Å². The fraction of sp³-hybridized carbons (Fsp3) is 0.333. The highest BCUT2D eigenvalue weighted by Gasteiger charge is 2.26. The Labute approximate surface area is 140 Å². The van der Waals surface area contributed by atoms with Crippen molar-refractivity contribution in [3.8, 4) is 17.0 Å². The molecule has 6 heteroatoms. The van der Waals surface area contributed by atoms with Gasteiger partial charge in [0.1, 0.15) is 17.1 Å². The Morgan fingerprint density at radius 1 is 1.29 bits per heavy atom. The van der Waals surface area contributed by atoms with Gasteiger partial charge >= 0.3 is 5.97 Å². The monoisotopic (exact) mass is 328 g/mol. The summed E-state index contributed by atoms with van der Waals surface area (Å²) in [7, 11) is 1.61. The average molecular weight is 328 g/mol. The van der Waals surface area contributed by atoms with Crippen molar-refractivity contribution < 1.29 is 19.7 Å². The number of anilines is 1. The van der Waals surface area contributed by atoms with E-state index < -0.39 is 5.97 Å². The van der Waals surface area contributed by atoms with Crippen LogP contribution in [0.5, 0.6) is 5.75 Å². The molecule has 0 saturated carbocycles. The SMILES string of the molecule is COc1ccc(-c2ccc(C(=O)O)c(N3CCC(CO)C3)n2)cc1. The number of methoxy groups -OCH3 is 1. The van der Waals surface area contributed by atoms with E-state index >= 15 is 0 Å². The summed E-state index contributed by atoms with van der Waals surface area (Å²) in [5.74, 6) is 0.391. The van der Waals surface area contributed by atoms with Gasteiger partial charge in [-0.25, -0.2) is 9.78 Å². The lowest BCUT2D eigenvalue weighted by atomic mass is 10.1. The fourth-order valence-electron chi connectivity index (χ4n) is 2.95. The minimum atomic E-state index is -0.994. The molecule has 126 valence electrons. The summed E-state index contributed by atoms with van der Waals surface area (Å²) in [6.07, 6.45) is 0.837. The van der Waals surface area contributed by atoms with Gasteiger partial charge in [0.25, 0.3) is 0 Å². The number of aliphatic hydroxyl groups excluding tert-OH is 1. The number of nitrogens with zero attached hydrogens (tertiary/aromatic N) is 2. The molecule has 1 atom stereocenters. The maximum absolute atomic E-state index is 11.5. The largest absolute Gasteiger partial charge is 0.497 e. The lowest BCUT2D eigenvalue weighted by Gasteiger charge is -2.20. The molecule has 1 aromatic carbocycles. The first kappa shape index (κ1) is 16.3. The Kier molecular flexibility index (Phi) is 4.66. The zero-order chi connectivity index (χ0) is 17.1. The predicted molar refractivity (Wildman–Crippen MR) is 90.6 cm³/mol. The summed E-state index contributed by atoms with van der Waals surface area (Å²) in [6, 6.07) is 10.8. The number of hydrogen-bond donors (Lipinski definition) is 2. The topological polar surface area (TPSA) is 82.9 Å². The number of aromatic carboxylic acids is 1. The summed E-state index contributed by atoms with van der Waals surface area (Å²) >= 11 is 0. The number of carbonyl (C=O) groups is 1. The Morgan fingerprint density at radius 2 is 2.04 bits per heavy atom. The van der Waals surface area contributed by atoms with Crippen LogP contribution in [-0.2, 0) is 0 Å². The van der Waals surface area contributed by atoms with Crippen LogP contribution < -0.4 is 9.64 Å². The van der Waals surface area contributed by atoms with Crippen LogP contribution in [0.15, 0.2) is 36.4 Å². The highest BCUT2D eigenvalue weighted by Crippen LogP contribution is 2.29. The number of rotatable bonds is 5. The number of benzene rings is 1. The van der Waals surface area contributed by atoms with Gasteiger partial charge in [0, 0.05) is 31.2 Å². The first-order valence-electron chi connectivity index (χ1n) is 7.87. The van der Waals surface area contributed by atoms with E-state index in [-0.39, 0.29) is 18.1 Å². The van der Waals surface area contributed by atoms with Gasteiger partial charge in [-0.1, -0.05) is 0 Å². The van der Waals surface area contributed by atoms with Gasteiger partial charge in [0.15, 0.2) is 0 Å². The van der Waals surface area contributed by atoms with E-state index in [4.69, 9.17) is 4.74 Å². The Hall–Kier alpha value is -2.60. The molecule has 2 N–H and O–H groups in total. The van der Waals surface area contributed by atoms with Gasteiger partial charge in [0.05, 0.1) is 12.8 Å². The molecule has 0 bridgehead atoms. The lowest BCUT2D eigenvalue weighted by molar-refractivity contribution is 0.0697. The van der Waals surface area contributed by atoms with E-state index in [1.54, 1.807) is 19.2 Å². The van der Waals surface area contributed by atoms with Crippen LogP contribution >= 0.6 is 0 Å². The number of pyridine rings is 1. The Bertz CT molecular complexity index is 730. The van der Waals surface area contributed by atoms with Gasteiger partial charge in [-0.3, -0.25) is 0 Å². The summed E-state index contributed by atoms with van der Waals surface area (Å²) < 4.78 is 5.15. The second-order valence-electron chi connectivity index (χ2n) is 5.88. The van der Waals surface area contributed by atoms with E-state index in [1.165, 1.54) is 0 Å². The summed E-state index contributed by atoms with van der Waals surface area (Å²) in [5, 5.41) is 18.8. The zero-order valence-corrected chi connectivity index (χ0v) is 13.5. The molecule has 6 nitrogen and oxygen atoms in total. The average Bonchev–Trinajstić information content (AvgIpc) is 3.10. The quantitative estimate of drug-likeness (QED) is 0.876. The number of aromatic nitrogens is 1. The third kappa shape index (κ3) is 3.19. The highest BCUT2D eigenvalue weighted by atomic mass is 16.5. The molecule has 1 aliphatic rings. The van der Waals surface area contributed by atoms with Crippen LogP contribution in [-0.4, -0.2) is 48.0 Å². The van der Waals surface area contributed by atoms with Crippen molar-refractivity contribution in [1.82, 2.24) is 4.98 Å². The van der Waals surface area contributed by atoms with E-state index in [2.05, 4.69) is 4.98 Å². The molecule has 1 aliphatic heterocycles. The maximum Gasteiger partial charge on any atom is 0.339 e. The highest BCUT2D eigenvalue weighted by molar-refractivity contribution is 5.94. The molecular weight excluding hydrogens is 308 g/mol. The van der Waals surface area contributed by atoms with Crippen molar-refractivity contribution in [1.29, 1.82) is 0 Å². The van der Waals surface area contributed by atoms with Gasteiger partial charge < -0.3 is 19.8 Å². The Morgan fingerprint density at radius 3 is 2.62 bits per heavy atom. The summed E-state index contributed by atoms with van der Waals surface area (Å²) in [5.41, 5.74) is 1.79. The standard InChI is InChI=1S/C18H20N2O4/c1-24-14-4-2-13(3-5-14)16-7-6-15(18(22)23)17(19-16)20-9-8-12(10-20)11-21/h2-7,12,21H,8-11H2,1H3,(H,22,23). The number of hydrogen-bond acceptors (Lipinski definition) is 5. The molecule has 2 aromatic rings. The van der Waals surface area contributed by atoms with Crippen molar-refractivity contribution in [2.45, 2.75) is 6.42 Å². The summed E-state index contributed by atoms with van der Waals surface area (Å²) in [4.78, 5) is 18.1. The molecule has 0 spiro atoms. The third-order valence-electron chi connectivity index (χ3n) is 4.33. The van der Waals surface area contributed by atoms with Crippen LogP contribution in [0.25, 0.3) is 11.3 Å². The second-order valence-corrected chi connectivity index (χ2v) is 5.88. The van der Waals surface area contributed by atoms with Crippen LogP contribution in [0.4, 0.5) is 5.82 Å². The van der Waals surface area contributed by atoms with E-state index in [1.807, 2.05) is 29.2 Å². The van der Waals surface area contributed by atoms with Crippen molar-refractivity contribution >= 4 is 11.8 Å². The first-order chi connectivity index (χ1) is 11.6. The number of carboxylic acid groups (broad SMARTS) is 1. The number of aliphatic hydroxyl groups is 1. The third-order valence-corrected chi connectivity index (χ3v) is 4.33. The molecule has 24 heavy (non-hydrogen) atoms. The van der Waals surface area contributed by atoms with Crippen LogP contribution in [0.1, 0.15) is 16.8 Å². The first-order valence-corrected chi connectivity index (χ1v) is 7.87. The second kappa shape index (κ2) is 6.88. The molecule has 0 aliphatic carbocycles. The van der Waals surface area contributed by atoms with Crippen LogP contribution in [0.3, 0.4) is 0 Å². The molecule has 2 heterocycles. The molecule has 1 aromatic heterocycles. The number of carboxylic acids is 1.